The number of aliphatic hydroxyl groups is 1. The first-order chi connectivity index (χ1) is 11.6. The van der Waals surface area contributed by atoms with Crippen LogP contribution in [-0.4, -0.2) is 35.0 Å². The highest BCUT2D eigenvalue weighted by molar-refractivity contribution is 6.30. The fourth-order valence-corrected chi connectivity index (χ4v) is 2.76. The van der Waals surface area contributed by atoms with Crippen LogP contribution < -0.4 is 15.8 Å². The van der Waals surface area contributed by atoms with E-state index in [0.717, 1.165) is 27.9 Å². The number of nitrogens with zero attached hydrogens (tertiary/aromatic N) is 2. The number of ether oxygens (including phenoxy) is 1. The molecule has 0 aliphatic rings. The van der Waals surface area contributed by atoms with E-state index < -0.39 is 0 Å². The SMILES string of the molecule is COc1ccc2c(NC(N)CCCO)c3nc(Cl)ccc3nc2c1.Cl.Cl. The summed E-state index contributed by atoms with van der Waals surface area (Å²) in [5, 5.41) is 13.6. The van der Waals surface area contributed by atoms with Crippen molar-refractivity contribution in [1.29, 1.82) is 0 Å². The van der Waals surface area contributed by atoms with Crippen molar-refractivity contribution >= 4 is 64.0 Å². The van der Waals surface area contributed by atoms with Crippen LogP contribution in [0.15, 0.2) is 30.3 Å². The molecule has 26 heavy (non-hydrogen) atoms. The zero-order valence-corrected chi connectivity index (χ0v) is 16.5. The van der Waals surface area contributed by atoms with E-state index in [-0.39, 0.29) is 37.6 Å². The molecule has 0 saturated carbocycles. The Kier molecular flexibility index (Phi) is 8.59. The molecule has 0 radical (unpaired) electrons. The molecule has 6 nitrogen and oxygen atoms in total. The highest BCUT2D eigenvalue weighted by Gasteiger charge is 2.14. The fourth-order valence-electron chi connectivity index (χ4n) is 2.62. The quantitative estimate of drug-likeness (QED) is 0.320. The zero-order valence-electron chi connectivity index (χ0n) is 14.1. The Balaban J connectivity index is 0.00000169. The molecule has 1 aromatic carbocycles. The molecule has 0 bridgehead atoms. The van der Waals surface area contributed by atoms with Crippen molar-refractivity contribution in [2.75, 3.05) is 19.0 Å². The Morgan fingerprint density at radius 3 is 2.65 bits per heavy atom. The van der Waals surface area contributed by atoms with Crippen molar-refractivity contribution in [3.8, 4) is 5.75 Å². The van der Waals surface area contributed by atoms with Crippen LogP contribution in [0.2, 0.25) is 5.15 Å². The molecule has 2 aromatic heterocycles. The number of nitrogens with two attached hydrogens (primary N) is 1. The number of nitrogens with one attached hydrogen (secondary N) is 1. The first-order valence-electron chi connectivity index (χ1n) is 7.69. The molecule has 0 fully saturated rings. The topological polar surface area (TPSA) is 93.3 Å². The van der Waals surface area contributed by atoms with E-state index in [1.807, 2.05) is 24.3 Å². The maximum Gasteiger partial charge on any atom is 0.130 e. The molecule has 3 rings (SSSR count). The van der Waals surface area contributed by atoms with Crippen LogP contribution in [-0.2, 0) is 0 Å². The largest absolute Gasteiger partial charge is 0.497 e. The number of hydrogen-bond acceptors (Lipinski definition) is 6. The summed E-state index contributed by atoms with van der Waals surface area (Å²) in [5.74, 6) is 0.729. The number of halogens is 3. The first-order valence-corrected chi connectivity index (χ1v) is 8.07. The first kappa shape index (κ1) is 22.5. The third-order valence-corrected chi connectivity index (χ3v) is 4.01. The standard InChI is InChI=1S/C17H19ClN4O2.2ClH/c1-24-10-4-5-11-13(9-10)20-12-6-7-14(18)21-17(12)16(11)22-15(19)3-2-8-23;;/h4-7,9,15,23H,2-3,8,19H2,1H3,(H,20,22);2*1H. The van der Waals surface area contributed by atoms with Crippen LogP contribution in [0.5, 0.6) is 5.75 Å². The van der Waals surface area contributed by atoms with Crippen molar-refractivity contribution in [2.45, 2.75) is 19.0 Å². The van der Waals surface area contributed by atoms with Crippen molar-refractivity contribution in [2.24, 2.45) is 5.73 Å². The Bertz CT molecular complexity index is 879. The highest BCUT2D eigenvalue weighted by atomic mass is 35.5. The van der Waals surface area contributed by atoms with Gasteiger partial charge in [-0.05, 0) is 37.1 Å². The molecule has 9 heteroatoms. The molecule has 0 aliphatic heterocycles. The summed E-state index contributed by atoms with van der Waals surface area (Å²) in [5.41, 5.74) is 9.09. The summed E-state index contributed by atoms with van der Waals surface area (Å²) >= 11 is 6.06. The van der Waals surface area contributed by atoms with Crippen LogP contribution in [0.1, 0.15) is 12.8 Å². The normalized spacial score (nSPS) is 11.5. The lowest BCUT2D eigenvalue weighted by molar-refractivity contribution is 0.281. The van der Waals surface area contributed by atoms with Crippen molar-refractivity contribution < 1.29 is 9.84 Å². The van der Waals surface area contributed by atoms with Crippen molar-refractivity contribution in [3.05, 3.63) is 35.5 Å². The number of anilines is 1. The molecule has 0 aliphatic carbocycles. The number of aromatic nitrogens is 2. The lowest BCUT2D eigenvalue weighted by Gasteiger charge is -2.18. The van der Waals surface area contributed by atoms with Gasteiger partial charge in [0.05, 0.1) is 30.0 Å². The van der Waals surface area contributed by atoms with E-state index in [2.05, 4.69) is 15.3 Å². The summed E-state index contributed by atoms with van der Waals surface area (Å²) < 4.78 is 5.28. The lowest BCUT2D eigenvalue weighted by Crippen LogP contribution is -2.30. The average molecular weight is 420 g/mol. The van der Waals surface area contributed by atoms with E-state index >= 15 is 0 Å². The van der Waals surface area contributed by atoms with Gasteiger partial charge < -0.3 is 20.9 Å². The molecular weight excluding hydrogens is 399 g/mol. The van der Waals surface area contributed by atoms with Gasteiger partial charge in [0.15, 0.2) is 0 Å². The number of rotatable bonds is 6. The molecule has 3 aromatic rings. The maximum absolute atomic E-state index is 8.98. The second kappa shape index (κ2) is 9.94. The Hall–Kier alpha value is -1.57. The minimum atomic E-state index is -0.311. The summed E-state index contributed by atoms with van der Waals surface area (Å²) in [6, 6.07) is 9.19. The minimum Gasteiger partial charge on any atom is -0.497 e. The van der Waals surface area contributed by atoms with E-state index in [0.29, 0.717) is 23.5 Å². The molecular formula is C17H21Cl3N4O2. The van der Waals surface area contributed by atoms with Crippen LogP contribution >= 0.6 is 36.4 Å². The third-order valence-electron chi connectivity index (χ3n) is 3.79. The van der Waals surface area contributed by atoms with Gasteiger partial charge in [-0.3, -0.25) is 0 Å². The summed E-state index contributed by atoms with van der Waals surface area (Å²) in [7, 11) is 1.62. The van der Waals surface area contributed by atoms with Crippen LogP contribution in [0, 0.1) is 0 Å². The van der Waals surface area contributed by atoms with Gasteiger partial charge in [0.25, 0.3) is 0 Å². The second-order valence-corrected chi connectivity index (χ2v) is 5.88. The fraction of sp³-hybridized carbons (Fsp3) is 0.294. The highest BCUT2D eigenvalue weighted by Crippen LogP contribution is 2.32. The van der Waals surface area contributed by atoms with E-state index in [9.17, 15) is 0 Å². The summed E-state index contributed by atoms with van der Waals surface area (Å²) in [6.07, 6.45) is 0.948. The lowest BCUT2D eigenvalue weighted by atomic mass is 10.1. The Morgan fingerprint density at radius 1 is 1.19 bits per heavy atom. The number of methoxy groups -OCH3 is 1. The third kappa shape index (κ3) is 4.78. The van der Waals surface area contributed by atoms with Gasteiger partial charge >= 0.3 is 0 Å². The Labute approximate surface area is 168 Å². The van der Waals surface area contributed by atoms with Crippen LogP contribution in [0.4, 0.5) is 5.69 Å². The molecule has 142 valence electrons. The van der Waals surface area contributed by atoms with Gasteiger partial charge in [-0.15, -0.1) is 24.8 Å². The van der Waals surface area contributed by atoms with Gasteiger partial charge in [0.2, 0.25) is 0 Å². The van der Waals surface area contributed by atoms with Gasteiger partial charge in [0.1, 0.15) is 16.4 Å². The minimum absolute atomic E-state index is 0. The maximum atomic E-state index is 8.98. The number of fused-ring (bicyclic) bond motifs is 2. The zero-order chi connectivity index (χ0) is 17.1. The smallest absolute Gasteiger partial charge is 0.130 e. The van der Waals surface area contributed by atoms with E-state index in [1.54, 1.807) is 13.2 Å². The van der Waals surface area contributed by atoms with E-state index in [1.165, 1.54) is 0 Å². The molecule has 2 heterocycles. The predicted molar refractivity (Wildman–Crippen MR) is 111 cm³/mol. The molecule has 1 atom stereocenters. The monoisotopic (exact) mass is 418 g/mol. The summed E-state index contributed by atoms with van der Waals surface area (Å²) in [6.45, 7) is 0.106. The van der Waals surface area contributed by atoms with Gasteiger partial charge in [-0.2, -0.15) is 0 Å². The predicted octanol–water partition coefficient (Wildman–Crippen LogP) is 3.76. The number of pyridine rings is 2. The number of hydrogen-bond donors (Lipinski definition) is 3. The number of aliphatic hydroxyl groups excluding tert-OH is 1. The molecule has 4 N–H and O–H groups in total. The molecule has 0 amide bonds. The molecule has 0 spiro atoms. The molecule has 1 unspecified atom stereocenters. The average Bonchev–Trinajstić information content (AvgIpc) is 2.59. The van der Waals surface area contributed by atoms with Crippen molar-refractivity contribution in [1.82, 2.24) is 9.97 Å². The van der Waals surface area contributed by atoms with Crippen LogP contribution in [0.25, 0.3) is 21.9 Å². The second-order valence-electron chi connectivity index (χ2n) is 5.49. The Morgan fingerprint density at radius 2 is 1.96 bits per heavy atom. The van der Waals surface area contributed by atoms with Crippen molar-refractivity contribution in [3.63, 3.8) is 0 Å². The van der Waals surface area contributed by atoms with Gasteiger partial charge in [0, 0.05) is 18.1 Å². The molecule has 0 saturated heterocycles. The summed E-state index contributed by atoms with van der Waals surface area (Å²) in [4.78, 5) is 9.04. The van der Waals surface area contributed by atoms with Gasteiger partial charge in [-0.1, -0.05) is 11.6 Å². The number of benzene rings is 1. The van der Waals surface area contributed by atoms with Gasteiger partial charge in [-0.25, -0.2) is 9.97 Å². The van der Waals surface area contributed by atoms with Crippen LogP contribution in [0.3, 0.4) is 0 Å². The van der Waals surface area contributed by atoms with E-state index in [4.69, 9.17) is 27.2 Å².